The summed E-state index contributed by atoms with van der Waals surface area (Å²) in [5.74, 6) is -0.00759. The standard InChI is InChI=1S/C26H25N3OS/c30-25(28-21-10-4-5-11-21)23-14-15-31-26(23)27-16-20-18-29(17-19-8-2-1-3-9-19)24-13-7-6-12-22(20)24/h1-3,6-9,12-16,18,21H,4-5,10-11,17H2,(H,28,30)/b27-16+. The van der Waals surface area contributed by atoms with Gasteiger partial charge in [-0.3, -0.25) is 4.79 Å². The molecular weight excluding hydrogens is 402 g/mol. The predicted octanol–water partition coefficient (Wildman–Crippen LogP) is 6.17. The van der Waals surface area contributed by atoms with Crippen LogP contribution in [0.1, 0.15) is 47.2 Å². The second kappa shape index (κ2) is 8.90. The van der Waals surface area contributed by atoms with E-state index in [0.717, 1.165) is 35.3 Å². The zero-order chi connectivity index (χ0) is 21.0. The van der Waals surface area contributed by atoms with Crippen molar-refractivity contribution in [1.82, 2.24) is 9.88 Å². The summed E-state index contributed by atoms with van der Waals surface area (Å²) in [4.78, 5) is 17.5. The monoisotopic (exact) mass is 427 g/mol. The van der Waals surface area contributed by atoms with Crippen molar-refractivity contribution in [1.29, 1.82) is 0 Å². The molecule has 1 aliphatic carbocycles. The largest absolute Gasteiger partial charge is 0.349 e. The molecule has 2 heterocycles. The van der Waals surface area contributed by atoms with Crippen LogP contribution >= 0.6 is 11.3 Å². The number of nitrogens with zero attached hydrogens (tertiary/aromatic N) is 2. The number of carbonyl (C=O) groups is 1. The summed E-state index contributed by atoms with van der Waals surface area (Å²) in [6.45, 7) is 0.809. The molecule has 156 valence electrons. The molecule has 0 aliphatic heterocycles. The highest BCUT2D eigenvalue weighted by Gasteiger charge is 2.20. The Morgan fingerprint density at radius 2 is 1.84 bits per heavy atom. The number of aromatic nitrogens is 1. The maximum Gasteiger partial charge on any atom is 0.254 e. The number of hydrogen-bond donors (Lipinski definition) is 1. The van der Waals surface area contributed by atoms with E-state index in [0.29, 0.717) is 11.6 Å². The average molecular weight is 428 g/mol. The molecule has 0 bridgehead atoms. The number of amides is 1. The Balaban J connectivity index is 1.41. The lowest BCUT2D eigenvalue weighted by Crippen LogP contribution is -2.32. The van der Waals surface area contributed by atoms with Crippen molar-refractivity contribution >= 4 is 39.4 Å². The number of rotatable bonds is 6. The number of hydrogen-bond acceptors (Lipinski definition) is 3. The third-order valence-corrected chi connectivity index (χ3v) is 6.74. The van der Waals surface area contributed by atoms with Gasteiger partial charge in [0.15, 0.2) is 0 Å². The van der Waals surface area contributed by atoms with E-state index in [4.69, 9.17) is 4.99 Å². The molecule has 1 aliphatic rings. The molecule has 2 aromatic carbocycles. The Bertz CT molecular complexity index is 1220. The summed E-state index contributed by atoms with van der Waals surface area (Å²) in [5.41, 5.74) is 4.16. The first-order valence-corrected chi connectivity index (χ1v) is 11.7. The van der Waals surface area contributed by atoms with Crippen molar-refractivity contribution in [3.63, 3.8) is 0 Å². The molecule has 1 amide bonds. The number of carbonyl (C=O) groups excluding carboxylic acids is 1. The van der Waals surface area contributed by atoms with Gasteiger partial charge < -0.3 is 9.88 Å². The van der Waals surface area contributed by atoms with E-state index in [9.17, 15) is 4.79 Å². The van der Waals surface area contributed by atoms with Crippen LogP contribution in [0.5, 0.6) is 0 Å². The zero-order valence-corrected chi connectivity index (χ0v) is 18.1. The van der Waals surface area contributed by atoms with Crippen molar-refractivity contribution in [2.75, 3.05) is 0 Å². The van der Waals surface area contributed by atoms with Gasteiger partial charge in [-0.1, -0.05) is 61.4 Å². The Morgan fingerprint density at radius 1 is 1.06 bits per heavy atom. The van der Waals surface area contributed by atoms with E-state index in [2.05, 4.69) is 64.6 Å². The van der Waals surface area contributed by atoms with Crippen LogP contribution in [-0.4, -0.2) is 22.7 Å². The first-order chi connectivity index (χ1) is 15.3. The van der Waals surface area contributed by atoms with Gasteiger partial charge in [0.1, 0.15) is 5.00 Å². The molecule has 1 N–H and O–H groups in total. The van der Waals surface area contributed by atoms with Gasteiger partial charge in [-0.25, -0.2) is 4.99 Å². The van der Waals surface area contributed by atoms with Crippen molar-refractivity contribution in [2.45, 2.75) is 38.3 Å². The topological polar surface area (TPSA) is 46.4 Å². The smallest absolute Gasteiger partial charge is 0.254 e. The van der Waals surface area contributed by atoms with Gasteiger partial charge in [0.2, 0.25) is 0 Å². The Labute approximate surface area is 186 Å². The molecule has 4 nitrogen and oxygen atoms in total. The number of thiophene rings is 1. The van der Waals surface area contributed by atoms with Crippen molar-refractivity contribution in [3.8, 4) is 0 Å². The molecule has 5 rings (SSSR count). The highest BCUT2D eigenvalue weighted by molar-refractivity contribution is 7.14. The molecule has 1 saturated carbocycles. The van der Waals surface area contributed by atoms with Crippen molar-refractivity contribution in [3.05, 3.63) is 88.9 Å². The molecule has 4 aromatic rings. The lowest BCUT2D eigenvalue weighted by molar-refractivity contribution is 0.0939. The molecule has 0 saturated heterocycles. The van der Waals surface area contributed by atoms with Gasteiger partial charge in [-0.2, -0.15) is 0 Å². The number of aliphatic imine (C=N–C) groups is 1. The van der Waals surface area contributed by atoms with Crippen LogP contribution in [0.3, 0.4) is 0 Å². The van der Waals surface area contributed by atoms with Gasteiger partial charge in [0.05, 0.1) is 5.56 Å². The first kappa shape index (κ1) is 19.8. The Kier molecular flexibility index (Phi) is 5.67. The minimum atomic E-state index is -0.00759. The summed E-state index contributed by atoms with van der Waals surface area (Å²) in [6, 6.07) is 21.0. The highest BCUT2D eigenvalue weighted by atomic mass is 32.1. The van der Waals surface area contributed by atoms with Crippen LogP contribution < -0.4 is 5.32 Å². The van der Waals surface area contributed by atoms with E-state index >= 15 is 0 Å². The number of fused-ring (bicyclic) bond motifs is 1. The lowest BCUT2D eigenvalue weighted by atomic mass is 10.2. The quantitative estimate of drug-likeness (QED) is 0.367. The molecule has 0 atom stereocenters. The first-order valence-electron chi connectivity index (χ1n) is 10.8. The Morgan fingerprint density at radius 3 is 2.68 bits per heavy atom. The van der Waals surface area contributed by atoms with E-state index in [-0.39, 0.29) is 5.91 Å². The highest BCUT2D eigenvalue weighted by Crippen LogP contribution is 2.28. The van der Waals surface area contributed by atoms with Crippen molar-refractivity contribution < 1.29 is 4.79 Å². The summed E-state index contributed by atoms with van der Waals surface area (Å²) in [7, 11) is 0. The number of nitrogens with one attached hydrogen (secondary N) is 1. The van der Waals surface area contributed by atoms with Crippen LogP contribution in [-0.2, 0) is 6.54 Å². The van der Waals surface area contributed by atoms with Gasteiger partial charge in [-0.05, 0) is 35.9 Å². The molecule has 31 heavy (non-hydrogen) atoms. The molecule has 0 spiro atoms. The van der Waals surface area contributed by atoms with Gasteiger partial charge in [-0.15, -0.1) is 11.3 Å². The second-order valence-electron chi connectivity index (χ2n) is 8.07. The van der Waals surface area contributed by atoms with Crippen LogP contribution in [0.25, 0.3) is 10.9 Å². The number of para-hydroxylation sites is 1. The summed E-state index contributed by atoms with van der Waals surface area (Å²) in [5, 5.41) is 7.03. The van der Waals surface area contributed by atoms with E-state index in [1.165, 1.54) is 35.3 Å². The fourth-order valence-corrected chi connectivity index (χ4v) is 5.06. The van der Waals surface area contributed by atoms with Gasteiger partial charge in [0.25, 0.3) is 5.91 Å². The van der Waals surface area contributed by atoms with Crippen LogP contribution in [0, 0.1) is 0 Å². The minimum Gasteiger partial charge on any atom is -0.349 e. The predicted molar refractivity (Wildman–Crippen MR) is 129 cm³/mol. The number of benzene rings is 2. The summed E-state index contributed by atoms with van der Waals surface area (Å²) < 4.78 is 2.26. The molecule has 0 radical (unpaired) electrons. The maximum atomic E-state index is 12.7. The fraction of sp³-hybridized carbons (Fsp3) is 0.231. The maximum absolute atomic E-state index is 12.7. The van der Waals surface area contributed by atoms with Gasteiger partial charge >= 0.3 is 0 Å². The molecule has 1 fully saturated rings. The van der Waals surface area contributed by atoms with Crippen LogP contribution in [0.15, 0.2) is 77.2 Å². The lowest BCUT2D eigenvalue weighted by Gasteiger charge is -2.11. The summed E-state index contributed by atoms with van der Waals surface area (Å²) >= 11 is 1.50. The minimum absolute atomic E-state index is 0.00759. The second-order valence-corrected chi connectivity index (χ2v) is 8.96. The SMILES string of the molecule is O=C(NC1CCCC1)c1ccsc1/N=C/c1cn(Cc2ccccc2)c2ccccc12. The third-order valence-electron chi connectivity index (χ3n) is 5.92. The summed E-state index contributed by atoms with van der Waals surface area (Å²) in [6.07, 6.45) is 8.60. The normalized spacial score (nSPS) is 14.6. The zero-order valence-electron chi connectivity index (χ0n) is 17.3. The molecule has 5 heteroatoms. The fourth-order valence-electron chi connectivity index (χ4n) is 4.32. The van der Waals surface area contributed by atoms with Crippen LogP contribution in [0.2, 0.25) is 0 Å². The van der Waals surface area contributed by atoms with E-state index < -0.39 is 0 Å². The molecule has 0 unspecified atom stereocenters. The van der Waals surface area contributed by atoms with Gasteiger partial charge in [0, 0.05) is 41.5 Å². The van der Waals surface area contributed by atoms with Crippen molar-refractivity contribution in [2.24, 2.45) is 4.99 Å². The van der Waals surface area contributed by atoms with E-state index in [1.54, 1.807) is 0 Å². The molecular formula is C26H25N3OS. The molecule has 2 aromatic heterocycles. The third kappa shape index (κ3) is 4.32. The van der Waals surface area contributed by atoms with Crippen LogP contribution in [0.4, 0.5) is 5.00 Å². The Hall–Kier alpha value is -3.18. The average Bonchev–Trinajstić information content (AvgIpc) is 3.54. The van der Waals surface area contributed by atoms with E-state index in [1.807, 2.05) is 23.7 Å².